The predicted molar refractivity (Wildman–Crippen MR) is 127 cm³/mol. The third-order valence-corrected chi connectivity index (χ3v) is 5.96. The third-order valence-electron chi connectivity index (χ3n) is 4.99. The number of imide groups is 1. The van der Waals surface area contributed by atoms with Gasteiger partial charge in [-0.2, -0.15) is 0 Å². The van der Waals surface area contributed by atoms with Gasteiger partial charge < -0.3 is 9.73 Å². The Bertz CT molecular complexity index is 1250. The lowest BCUT2D eigenvalue weighted by Gasteiger charge is -2.10. The molecule has 9 heteroatoms. The van der Waals surface area contributed by atoms with E-state index in [-0.39, 0.29) is 5.75 Å². The van der Waals surface area contributed by atoms with Gasteiger partial charge in [-0.1, -0.05) is 48.2 Å². The van der Waals surface area contributed by atoms with E-state index in [4.69, 9.17) is 4.42 Å². The molecule has 2 aromatic carbocycles. The number of aromatic nitrogens is 3. The summed E-state index contributed by atoms with van der Waals surface area (Å²) in [5, 5.41) is 14.1. The van der Waals surface area contributed by atoms with E-state index in [1.165, 1.54) is 11.8 Å². The fourth-order valence-corrected chi connectivity index (χ4v) is 3.90. The number of benzene rings is 2. The molecule has 3 amide bonds. The quantitative estimate of drug-likeness (QED) is 0.389. The molecule has 0 atom stereocenters. The van der Waals surface area contributed by atoms with Crippen molar-refractivity contribution < 1.29 is 14.0 Å². The van der Waals surface area contributed by atoms with Gasteiger partial charge in [0.2, 0.25) is 11.7 Å². The van der Waals surface area contributed by atoms with Gasteiger partial charge in [0.15, 0.2) is 10.9 Å². The number of anilines is 1. The molecule has 2 heterocycles. The molecule has 0 saturated carbocycles. The fraction of sp³-hybridized carbons (Fsp3) is 0.167. The molecular formula is C24H23N5O3S. The zero-order valence-electron chi connectivity index (χ0n) is 18.2. The Balaban J connectivity index is 1.41. The molecule has 168 valence electrons. The number of nitrogens with zero attached hydrogens (tertiary/aromatic N) is 3. The van der Waals surface area contributed by atoms with E-state index in [0.717, 1.165) is 16.7 Å². The van der Waals surface area contributed by atoms with E-state index in [2.05, 4.69) is 20.8 Å². The number of urea groups is 1. The molecule has 8 nitrogen and oxygen atoms in total. The number of aryl methyl sites for hydroxylation is 2. The molecule has 0 unspecified atom stereocenters. The second kappa shape index (κ2) is 10.2. The average Bonchev–Trinajstić information content (AvgIpc) is 3.46. The van der Waals surface area contributed by atoms with Crippen molar-refractivity contribution in [1.82, 2.24) is 20.1 Å². The van der Waals surface area contributed by atoms with Gasteiger partial charge in [-0.25, -0.2) is 4.79 Å². The van der Waals surface area contributed by atoms with Crippen LogP contribution in [0.1, 0.15) is 16.7 Å². The summed E-state index contributed by atoms with van der Waals surface area (Å²) in [4.78, 5) is 24.6. The van der Waals surface area contributed by atoms with Crippen LogP contribution < -0.4 is 10.6 Å². The maximum Gasteiger partial charge on any atom is 0.325 e. The topological polar surface area (TPSA) is 102 Å². The number of thioether (sulfide) groups is 1. The highest BCUT2D eigenvalue weighted by atomic mass is 32.2. The lowest BCUT2D eigenvalue weighted by Crippen LogP contribution is -2.35. The number of carbonyl (C=O) groups is 2. The van der Waals surface area contributed by atoms with Crippen LogP contribution in [0, 0.1) is 13.8 Å². The molecule has 33 heavy (non-hydrogen) atoms. The molecule has 0 spiro atoms. The van der Waals surface area contributed by atoms with Crippen molar-refractivity contribution in [3.8, 4) is 11.6 Å². The Morgan fingerprint density at radius 3 is 2.55 bits per heavy atom. The highest BCUT2D eigenvalue weighted by molar-refractivity contribution is 7.99. The van der Waals surface area contributed by atoms with Crippen LogP contribution in [0.4, 0.5) is 10.5 Å². The van der Waals surface area contributed by atoms with Gasteiger partial charge in [0.05, 0.1) is 18.6 Å². The van der Waals surface area contributed by atoms with Crippen molar-refractivity contribution in [3.05, 3.63) is 83.6 Å². The second-order valence-corrected chi connectivity index (χ2v) is 8.39. The molecule has 2 aromatic heterocycles. The number of rotatable bonds is 7. The predicted octanol–water partition coefficient (Wildman–Crippen LogP) is 4.64. The van der Waals surface area contributed by atoms with Crippen molar-refractivity contribution in [2.75, 3.05) is 11.1 Å². The number of hydrogen-bond acceptors (Lipinski definition) is 6. The molecule has 0 aliphatic rings. The summed E-state index contributed by atoms with van der Waals surface area (Å²) < 4.78 is 7.39. The summed E-state index contributed by atoms with van der Waals surface area (Å²) in [5.74, 6) is 0.725. The van der Waals surface area contributed by atoms with Gasteiger partial charge in [-0.05, 0) is 54.8 Å². The van der Waals surface area contributed by atoms with E-state index in [1.54, 1.807) is 18.4 Å². The minimum Gasteiger partial charge on any atom is -0.461 e. The third kappa shape index (κ3) is 5.69. The minimum atomic E-state index is -0.578. The van der Waals surface area contributed by atoms with Crippen LogP contribution in [0.2, 0.25) is 0 Å². The number of nitrogens with one attached hydrogen (secondary N) is 2. The van der Waals surface area contributed by atoms with Crippen molar-refractivity contribution in [3.63, 3.8) is 0 Å². The fourth-order valence-electron chi connectivity index (χ4n) is 3.17. The van der Waals surface area contributed by atoms with E-state index >= 15 is 0 Å². The van der Waals surface area contributed by atoms with Gasteiger partial charge in [-0.15, -0.1) is 10.2 Å². The molecular weight excluding hydrogens is 438 g/mol. The van der Waals surface area contributed by atoms with Crippen LogP contribution in [0.3, 0.4) is 0 Å². The lowest BCUT2D eigenvalue weighted by molar-refractivity contribution is -0.117. The SMILES string of the molecule is Cc1ccc(NC(=O)NC(=O)CSc2nnc(-c3ccco3)n2Cc2ccccc2)cc1C. The smallest absolute Gasteiger partial charge is 0.325 e. The molecule has 0 radical (unpaired) electrons. The summed E-state index contributed by atoms with van der Waals surface area (Å²) in [6, 6.07) is 18.5. The van der Waals surface area contributed by atoms with E-state index in [0.29, 0.717) is 29.0 Å². The Hall–Kier alpha value is -3.85. The second-order valence-electron chi connectivity index (χ2n) is 7.45. The summed E-state index contributed by atoms with van der Waals surface area (Å²) in [7, 11) is 0. The molecule has 0 bridgehead atoms. The number of furan rings is 1. The Labute approximate surface area is 195 Å². The summed E-state index contributed by atoms with van der Waals surface area (Å²) in [6.45, 7) is 4.47. The van der Waals surface area contributed by atoms with Gasteiger partial charge in [-0.3, -0.25) is 14.7 Å². The largest absolute Gasteiger partial charge is 0.461 e. The first kappa shape index (κ1) is 22.3. The first-order valence-corrected chi connectivity index (χ1v) is 11.3. The van der Waals surface area contributed by atoms with Crippen molar-refractivity contribution in [1.29, 1.82) is 0 Å². The van der Waals surface area contributed by atoms with E-state index in [1.807, 2.05) is 66.9 Å². The van der Waals surface area contributed by atoms with Crippen molar-refractivity contribution in [2.24, 2.45) is 0 Å². The zero-order chi connectivity index (χ0) is 23.2. The van der Waals surface area contributed by atoms with Crippen LogP contribution >= 0.6 is 11.8 Å². The Morgan fingerprint density at radius 2 is 1.82 bits per heavy atom. The summed E-state index contributed by atoms with van der Waals surface area (Å²) in [6.07, 6.45) is 1.57. The van der Waals surface area contributed by atoms with Crippen LogP contribution in [-0.2, 0) is 11.3 Å². The lowest BCUT2D eigenvalue weighted by atomic mass is 10.1. The van der Waals surface area contributed by atoms with Gasteiger partial charge in [0, 0.05) is 5.69 Å². The van der Waals surface area contributed by atoms with Crippen molar-refractivity contribution in [2.45, 2.75) is 25.5 Å². The Kier molecular flexibility index (Phi) is 6.89. The summed E-state index contributed by atoms with van der Waals surface area (Å²) in [5.41, 5.74) is 3.87. The maximum absolute atomic E-state index is 12.4. The van der Waals surface area contributed by atoms with Gasteiger partial charge in [0.25, 0.3) is 0 Å². The van der Waals surface area contributed by atoms with Gasteiger partial charge >= 0.3 is 6.03 Å². The monoisotopic (exact) mass is 461 g/mol. The van der Waals surface area contributed by atoms with Crippen molar-refractivity contribution >= 4 is 29.4 Å². The van der Waals surface area contributed by atoms with Gasteiger partial charge in [0.1, 0.15) is 0 Å². The van der Waals surface area contributed by atoms with E-state index in [9.17, 15) is 9.59 Å². The first-order chi connectivity index (χ1) is 16.0. The van der Waals surface area contributed by atoms with Crippen LogP contribution in [0.5, 0.6) is 0 Å². The zero-order valence-corrected chi connectivity index (χ0v) is 19.1. The molecule has 0 aliphatic carbocycles. The molecule has 2 N–H and O–H groups in total. The molecule has 0 saturated heterocycles. The first-order valence-electron chi connectivity index (χ1n) is 10.3. The molecule has 4 rings (SSSR count). The normalized spacial score (nSPS) is 10.7. The van der Waals surface area contributed by atoms with Crippen LogP contribution in [0.25, 0.3) is 11.6 Å². The number of carbonyl (C=O) groups excluding carboxylic acids is 2. The van der Waals surface area contributed by atoms with E-state index < -0.39 is 11.9 Å². The Morgan fingerprint density at radius 1 is 1.00 bits per heavy atom. The highest BCUT2D eigenvalue weighted by Gasteiger charge is 2.18. The maximum atomic E-state index is 12.4. The molecule has 0 fully saturated rings. The average molecular weight is 462 g/mol. The number of amides is 3. The summed E-state index contributed by atoms with van der Waals surface area (Å²) >= 11 is 1.20. The molecule has 0 aliphatic heterocycles. The molecule has 4 aromatic rings. The van der Waals surface area contributed by atoms with Crippen LogP contribution in [-0.4, -0.2) is 32.5 Å². The highest BCUT2D eigenvalue weighted by Crippen LogP contribution is 2.25. The standard InChI is InChI=1S/C24H23N5O3S/c1-16-10-11-19(13-17(16)2)25-23(31)26-21(30)15-33-24-28-27-22(20-9-6-12-32-20)29(24)14-18-7-4-3-5-8-18/h3-13H,14-15H2,1-2H3,(H2,25,26,30,31). The van der Waals surface area contributed by atoms with Crippen LogP contribution in [0.15, 0.2) is 76.5 Å². The number of hydrogen-bond donors (Lipinski definition) is 2. The minimum absolute atomic E-state index is 0.00538.